The largest absolute Gasteiger partial charge is 0.461 e. The van der Waals surface area contributed by atoms with Gasteiger partial charge < -0.3 is 9.84 Å². The molecule has 1 rings (SSSR count). The molecule has 0 aromatic heterocycles. The molecule has 0 aromatic rings. The van der Waals surface area contributed by atoms with Gasteiger partial charge in [-0.15, -0.1) is 6.58 Å². The topological polar surface area (TPSA) is 46.5 Å². The molecule has 0 aliphatic heterocycles. The summed E-state index contributed by atoms with van der Waals surface area (Å²) < 4.78 is 5.25. The number of hydrogen-bond acceptors (Lipinski definition) is 3. The first-order valence-corrected chi connectivity index (χ1v) is 6.87. The van der Waals surface area contributed by atoms with E-state index in [1.807, 2.05) is 19.9 Å². The third-order valence-corrected chi connectivity index (χ3v) is 4.04. The van der Waals surface area contributed by atoms with Gasteiger partial charge in [0.2, 0.25) is 0 Å². The molecule has 0 radical (unpaired) electrons. The second kappa shape index (κ2) is 5.49. The molecule has 3 atom stereocenters. The summed E-state index contributed by atoms with van der Waals surface area (Å²) in [4.78, 5) is 12.3. The standard InChI is InChI=1S/C16H26O3/c1-7-15(6)9-8-13(11(2)3)16(18,10-15)14(17)19-12(4)5/h7,12-13,18H,1-2,8-10H2,3-6H3/t13-,15-,16-/m1/s1. The molecule has 1 fully saturated rings. The van der Waals surface area contributed by atoms with Crippen molar-refractivity contribution in [2.45, 2.75) is 58.7 Å². The SMILES string of the molecule is C=C[C@]1(C)CC[C@H](C(=C)C)[C@@](O)(C(=O)OC(C)C)C1. The van der Waals surface area contributed by atoms with Gasteiger partial charge in [-0.3, -0.25) is 0 Å². The predicted octanol–water partition coefficient (Wildman–Crippen LogP) is 3.24. The summed E-state index contributed by atoms with van der Waals surface area (Å²) in [7, 11) is 0. The van der Waals surface area contributed by atoms with E-state index in [1.165, 1.54) is 0 Å². The van der Waals surface area contributed by atoms with Crippen LogP contribution >= 0.6 is 0 Å². The van der Waals surface area contributed by atoms with Gasteiger partial charge in [0.15, 0.2) is 5.60 Å². The number of hydrogen-bond donors (Lipinski definition) is 1. The van der Waals surface area contributed by atoms with E-state index in [0.29, 0.717) is 6.42 Å². The van der Waals surface area contributed by atoms with Crippen LogP contribution < -0.4 is 0 Å². The van der Waals surface area contributed by atoms with Crippen LogP contribution in [0.3, 0.4) is 0 Å². The summed E-state index contributed by atoms with van der Waals surface area (Å²) in [5.41, 5.74) is -0.900. The van der Waals surface area contributed by atoms with Gasteiger partial charge in [0.05, 0.1) is 6.10 Å². The average Bonchev–Trinajstić information content (AvgIpc) is 2.27. The molecular weight excluding hydrogens is 240 g/mol. The molecule has 0 saturated heterocycles. The van der Waals surface area contributed by atoms with Gasteiger partial charge >= 0.3 is 5.97 Å². The zero-order chi connectivity index (χ0) is 14.8. The first-order valence-electron chi connectivity index (χ1n) is 6.87. The van der Waals surface area contributed by atoms with Gasteiger partial charge in [0.1, 0.15) is 0 Å². The number of carbonyl (C=O) groups is 1. The number of aliphatic hydroxyl groups is 1. The minimum atomic E-state index is -1.49. The highest BCUT2D eigenvalue weighted by Gasteiger charge is 2.52. The Labute approximate surface area is 116 Å². The fourth-order valence-corrected chi connectivity index (χ4v) is 2.90. The maximum absolute atomic E-state index is 12.3. The minimum Gasteiger partial charge on any atom is -0.461 e. The van der Waals surface area contributed by atoms with Gasteiger partial charge in [-0.1, -0.05) is 25.2 Å². The lowest BCUT2D eigenvalue weighted by molar-refractivity contribution is -0.182. The van der Waals surface area contributed by atoms with Gasteiger partial charge in [-0.2, -0.15) is 0 Å². The third kappa shape index (κ3) is 3.27. The highest BCUT2D eigenvalue weighted by Crippen LogP contribution is 2.48. The first kappa shape index (κ1) is 16.0. The first-order chi connectivity index (χ1) is 8.64. The summed E-state index contributed by atoms with van der Waals surface area (Å²) in [6.45, 7) is 15.2. The molecule has 3 heteroatoms. The smallest absolute Gasteiger partial charge is 0.339 e. The number of rotatable bonds is 4. The van der Waals surface area contributed by atoms with Gasteiger partial charge in [0, 0.05) is 5.92 Å². The molecule has 0 aromatic carbocycles. The molecular formula is C16H26O3. The van der Waals surface area contributed by atoms with Crippen LogP contribution in [-0.4, -0.2) is 22.8 Å². The van der Waals surface area contributed by atoms with Crippen molar-refractivity contribution >= 4 is 5.97 Å². The molecule has 1 N–H and O–H groups in total. The number of ether oxygens (including phenoxy) is 1. The van der Waals surface area contributed by atoms with E-state index in [9.17, 15) is 9.90 Å². The Bertz CT molecular complexity index is 385. The molecule has 0 unspecified atom stereocenters. The van der Waals surface area contributed by atoms with Gasteiger partial charge in [-0.05, 0) is 45.4 Å². The van der Waals surface area contributed by atoms with Crippen molar-refractivity contribution in [1.29, 1.82) is 0 Å². The fraction of sp³-hybridized carbons (Fsp3) is 0.688. The Morgan fingerprint density at radius 3 is 2.53 bits per heavy atom. The number of esters is 1. The number of carbonyl (C=O) groups excluding carboxylic acids is 1. The normalized spacial score (nSPS) is 34.9. The Kier molecular flexibility index (Phi) is 4.62. The van der Waals surface area contributed by atoms with Crippen LogP contribution in [0, 0.1) is 11.3 Å². The maximum atomic E-state index is 12.3. The van der Waals surface area contributed by atoms with E-state index in [-0.39, 0.29) is 17.4 Å². The van der Waals surface area contributed by atoms with E-state index in [4.69, 9.17) is 4.74 Å². The summed E-state index contributed by atoms with van der Waals surface area (Å²) in [5, 5.41) is 10.9. The predicted molar refractivity (Wildman–Crippen MR) is 76.6 cm³/mol. The number of allylic oxidation sites excluding steroid dienone is 1. The molecule has 0 bridgehead atoms. The van der Waals surface area contributed by atoms with Gasteiger partial charge in [-0.25, -0.2) is 4.79 Å². The van der Waals surface area contributed by atoms with Crippen LogP contribution in [0.2, 0.25) is 0 Å². The van der Waals surface area contributed by atoms with Crippen LogP contribution in [0.15, 0.2) is 24.8 Å². The summed E-state index contributed by atoms with van der Waals surface area (Å²) >= 11 is 0. The second-order valence-corrected chi connectivity index (χ2v) is 6.35. The summed E-state index contributed by atoms with van der Waals surface area (Å²) in [6.07, 6.45) is 3.55. The van der Waals surface area contributed by atoms with Crippen LogP contribution in [-0.2, 0) is 9.53 Å². The molecule has 3 nitrogen and oxygen atoms in total. The third-order valence-electron chi connectivity index (χ3n) is 4.04. The lowest BCUT2D eigenvalue weighted by atomic mass is 9.62. The average molecular weight is 266 g/mol. The molecule has 0 spiro atoms. The van der Waals surface area contributed by atoms with Crippen LogP contribution in [0.25, 0.3) is 0 Å². The lowest BCUT2D eigenvalue weighted by Crippen LogP contribution is -2.53. The van der Waals surface area contributed by atoms with E-state index in [2.05, 4.69) is 13.2 Å². The zero-order valence-electron chi connectivity index (χ0n) is 12.5. The van der Waals surface area contributed by atoms with Crippen molar-refractivity contribution < 1.29 is 14.6 Å². The Morgan fingerprint density at radius 2 is 2.11 bits per heavy atom. The van der Waals surface area contributed by atoms with E-state index in [1.54, 1.807) is 13.8 Å². The zero-order valence-corrected chi connectivity index (χ0v) is 12.5. The Balaban J connectivity index is 3.08. The maximum Gasteiger partial charge on any atom is 0.339 e. The fourth-order valence-electron chi connectivity index (χ4n) is 2.90. The minimum absolute atomic E-state index is 0.237. The van der Waals surface area contributed by atoms with Gasteiger partial charge in [0.25, 0.3) is 0 Å². The van der Waals surface area contributed by atoms with E-state index >= 15 is 0 Å². The summed E-state index contributed by atoms with van der Waals surface area (Å²) in [5.74, 6) is -0.782. The molecule has 1 saturated carbocycles. The van der Waals surface area contributed by atoms with E-state index < -0.39 is 11.6 Å². The van der Waals surface area contributed by atoms with Crippen LogP contribution in [0.1, 0.15) is 47.0 Å². The van der Waals surface area contributed by atoms with Crippen LogP contribution in [0.5, 0.6) is 0 Å². The highest BCUT2D eigenvalue weighted by atomic mass is 16.6. The van der Waals surface area contributed by atoms with Crippen molar-refractivity contribution in [2.24, 2.45) is 11.3 Å². The second-order valence-electron chi connectivity index (χ2n) is 6.35. The van der Waals surface area contributed by atoms with Crippen molar-refractivity contribution in [3.05, 3.63) is 24.8 Å². The highest BCUT2D eigenvalue weighted by molar-refractivity contribution is 5.80. The molecule has 0 heterocycles. The molecule has 1 aliphatic carbocycles. The summed E-state index contributed by atoms with van der Waals surface area (Å²) in [6, 6.07) is 0. The van der Waals surface area contributed by atoms with Crippen molar-refractivity contribution in [2.75, 3.05) is 0 Å². The molecule has 108 valence electrons. The lowest BCUT2D eigenvalue weighted by Gasteiger charge is -2.46. The van der Waals surface area contributed by atoms with Crippen LogP contribution in [0.4, 0.5) is 0 Å². The van der Waals surface area contributed by atoms with E-state index in [0.717, 1.165) is 18.4 Å². The molecule has 1 aliphatic rings. The van der Waals surface area contributed by atoms with Crippen molar-refractivity contribution in [3.63, 3.8) is 0 Å². The monoisotopic (exact) mass is 266 g/mol. The molecule has 19 heavy (non-hydrogen) atoms. The quantitative estimate of drug-likeness (QED) is 0.627. The van der Waals surface area contributed by atoms with Crippen molar-refractivity contribution in [1.82, 2.24) is 0 Å². The van der Waals surface area contributed by atoms with Crippen molar-refractivity contribution in [3.8, 4) is 0 Å². The molecule has 0 amide bonds. The Hall–Kier alpha value is -1.09. The Morgan fingerprint density at radius 1 is 1.53 bits per heavy atom.